The smallest absolute Gasteiger partial charge is 0.0409 e. The molecule has 0 heterocycles. The summed E-state index contributed by atoms with van der Waals surface area (Å²) in [4.78, 5) is 2.32. The number of thioether (sulfide) groups is 2. The van der Waals surface area contributed by atoms with Gasteiger partial charge in [0, 0.05) is 39.1 Å². The summed E-state index contributed by atoms with van der Waals surface area (Å²) in [6.07, 6.45) is 0. The molecule has 2 aromatic rings. The highest BCUT2D eigenvalue weighted by Crippen LogP contribution is 2.21. The molecular formula is C19H23Cl2NS2. The summed E-state index contributed by atoms with van der Waals surface area (Å²) in [5.74, 6) is 4.23. The summed E-state index contributed by atoms with van der Waals surface area (Å²) in [6.45, 7) is 0. The molecule has 0 aliphatic rings. The maximum atomic E-state index is 6.04. The van der Waals surface area contributed by atoms with Gasteiger partial charge in [-0.3, -0.25) is 0 Å². The Labute approximate surface area is 164 Å². The topological polar surface area (TPSA) is 3.24 Å². The molecule has 0 saturated heterocycles. The van der Waals surface area contributed by atoms with Gasteiger partial charge in [0.25, 0.3) is 0 Å². The van der Waals surface area contributed by atoms with Crippen molar-refractivity contribution in [3.8, 4) is 0 Å². The third-order valence-electron chi connectivity index (χ3n) is 3.67. The lowest BCUT2D eigenvalue weighted by atomic mass is 10.2. The lowest BCUT2D eigenvalue weighted by Gasteiger charge is -2.23. The maximum absolute atomic E-state index is 6.04. The van der Waals surface area contributed by atoms with Crippen molar-refractivity contribution in [2.45, 2.75) is 17.5 Å². The van der Waals surface area contributed by atoms with Crippen molar-refractivity contribution in [3.05, 3.63) is 69.7 Å². The highest BCUT2D eigenvalue weighted by Gasteiger charge is 2.12. The Kier molecular flexibility index (Phi) is 8.85. The molecule has 1 nitrogen and oxygen atoms in total. The van der Waals surface area contributed by atoms with Crippen LogP contribution in [-0.4, -0.2) is 36.5 Å². The monoisotopic (exact) mass is 399 g/mol. The molecule has 2 aromatic carbocycles. The molecule has 5 heteroatoms. The van der Waals surface area contributed by atoms with Crippen molar-refractivity contribution in [3.63, 3.8) is 0 Å². The summed E-state index contributed by atoms with van der Waals surface area (Å²) in [6, 6.07) is 16.8. The molecule has 0 N–H and O–H groups in total. The summed E-state index contributed by atoms with van der Waals surface area (Å²) in [5, 5.41) is 1.63. The molecule has 2 rings (SSSR count). The van der Waals surface area contributed by atoms with Gasteiger partial charge in [0.15, 0.2) is 0 Å². The van der Waals surface area contributed by atoms with Crippen molar-refractivity contribution in [2.24, 2.45) is 0 Å². The minimum absolute atomic E-state index is 0.554. The number of hydrogen-bond donors (Lipinski definition) is 0. The zero-order valence-corrected chi connectivity index (χ0v) is 17.2. The predicted molar refractivity (Wildman–Crippen MR) is 113 cm³/mol. The lowest BCUT2D eigenvalue weighted by Crippen LogP contribution is -2.32. The number of nitrogens with zero attached hydrogens (tertiary/aromatic N) is 1. The van der Waals surface area contributed by atoms with E-state index in [1.807, 2.05) is 59.9 Å². The molecule has 0 amide bonds. The van der Waals surface area contributed by atoms with Crippen LogP contribution in [0.4, 0.5) is 0 Å². The second-order valence-corrected chi connectivity index (χ2v) is 8.84. The third-order valence-corrected chi connectivity index (χ3v) is 6.45. The van der Waals surface area contributed by atoms with Gasteiger partial charge in [0.05, 0.1) is 0 Å². The standard InChI is InChI=1S/C19H23Cl2NS2/c1-22(2)19(13-23-11-15-5-3-7-17(20)9-15)14-24-12-16-6-4-8-18(21)10-16/h3-10,19H,11-14H2,1-2H3. The first-order valence-electron chi connectivity index (χ1n) is 7.85. The van der Waals surface area contributed by atoms with Crippen molar-refractivity contribution in [1.29, 1.82) is 0 Å². The van der Waals surface area contributed by atoms with E-state index in [1.54, 1.807) is 0 Å². The van der Waals surface area contributed by atoms with Gasteiger partial charge in [-0.05, 0) is 49.5 Å². The van der Waals surface area contributed by atoms with Crippen LogP contribution in [-0.2, 0) is 11.5 Å². The van der Waals surface area contributed by atoms with Crippen LogP contribution in [0.25, 0.3) is 0 Å². The van der Waals surface area contributed by atoms with Crippen LogP contribution in [0.15, 0.2) is 48.5 Å². The van der Waals surface area contributed by atoms with Crippen LogP contribution in [0.5, 0.6) is 0 Å². The zero-order valence-electron chi connectivity index (χ0n) is 14.0. The van der Waals surface area contributed by atoms with Crippen molar-refractivity contribution in [1.82, 2.24) is 4.90 Å². The Morgan fingerprint density at radius 1 is 0.833 bits per heavy atom. The Hall–Kier alpha value is -0.320. The molecule has 0 unspecified atom stereocenters. The SMILES string of the molecule is CN(C)C(CSCc1cccc(Cl)c1)CSCc1cccc(Cl)c1. The van der Waals surface area contributed by atoms with Crippen molar-refractivity contribution in [2.75, 3.05) is 25.6 Å². The van der Waals surface area contributed by atoms with Crippen LogP contribution >= 0.6 is 46.7 Å². The van der Waals surface area contributed by atoms with Crippen molar-refractivity contribution >= 4 is 46.7 Å². The Morgan fingerprint density at radius 3 is 1.67 bits per heavy atom. The third kappa shape index (κ3) is 7.28. The minimum Gasteiger partial charge on any atom is -0.305 e. The van der Waals surface area contributed by atoms with Gasteiger partial charge in [-0.15, -0.1) is 0 Å². The molecular weight excluding hydrogens is 377 g/mol. The fourth-order valence-corrected chi connectivity index (χ4v) is 5.24. The van der Waals surface area contributed by atoms with Crippen LogP contribution in [0.3, 0.4) is 0 Å². The van der Waals surface area contributed by atoms with Gasteiger partial charge < -0.3 is 4.90 Å². The molecule has 0 radical (unpaired) electrons. The van der Waals surface area contributed by atoms with Crippen molar-refractivity contribution < 1.29 is 0 Å². The van der Waals surface area contributed by atoms with E-state index >= 15 is 0 Å². The molecule has 130 valence electrons. The molecule has 0 aromatic heterocycles. The van der Waals surface area contributed by atoms with Gasteiger partial charge in [-0.2, -0.15) is 23.5 Å². The molecule has 24 heavy (non-hydrogen) atoms. The summed E-state index contributed by atoms with van der Waals surface area (Å²) in [7, 11) is 4.31. The molecule has 0 spiro atoms. The molecule has 0 fully saturated rings. The van der Waals surface area contributed by atoms with Gasteiger partial charge in [0.2, 0.25) is 0 Å². The van der Waals surface area contributed by atoms with Crippen LogP contribution in [0.1, 0.15) is 11.1 Å². The fourth-order valence-electron chi connectivity index (χ4n) is 2.23. The second-order valence-electron chi connectivity index (χ2n) is 5.91. The zero-order chi connectivity index (χ0) is 17.4. The van der Waals surface area contributed by atoms with Gasteiger partial charge >= 0.3 is 0 Å². The van der Waals surface area contributed by atoms with E-state index in [9.17, 15) is 0 Å². The fraction of sp³-hybridized carbons (Fsp3) is 0.368. The summed E-state index contributed by atoms with van der Waals surface area (Å²) < 4.78 is 0. The number of halogens is 2. The Balaban J connectivity index is 1.75. The second kappa shape index (κ2) is 10.6. The molecule has 0 bridgehead atoms. The van der Waals surface area contributed by atoms with Gasteiger partial charge in [-0.1, -0.05) is 47.5 Å². The average Bonchev–Trinajstić information content (AvgIpc) is 2.53. The van der Waals surface area contributed by atoms with Crippen LogP contribution in [0.2, 0.25) is 10.0 Å². The van der Waals surface area contributed by atoms with Crippen LogP contribution < -0.4 is 0 Å². The first kappa shape index (κ1) is 20.0. The van der Waals surface area contributed by atoms with Gasteiger partial charge in [0.1, 0.15) is 0 Å². The lowest BCUT2D eigenvalue weighted by molar-refractivity contribution is 0.344. The van der Waals surface area contributed by atoms with E-state index < -0.39 is 0 Å². The predicted octanol–water partition coefficient (Wildman–Crippen LogP) is 6.09. The highest BCUT2D eigenvalue weighted by atomic mass is 35.5. The first-order valence-corrected chi connectivity index (χ1v) is 10.9. The van der Waals surface area contributed by atoms with E-state index in [-0.39, 0.29) is 0 Å². The Bertz CT molecular complexity index is 583. The first-order chi connectivity index (χ1) is 11.5. The van der Waals surface area contributed by atoms with E-state index in [0.29, 0.717) is 6.04 Å². The number of rotatable bonds is 9. The number of hydrogen-bond acceptors (Lipinski definition) is 3. The highest BCUT2D eigenvalue weighted by molar-refractivity contribution is 7.99. The van der Waals surface area contributed by atoms with E-state index in [4.69, 9.17) is 23.2 Å². The minimum atomic E-state index is 0.554. The van der Waals surface area contributed by atoms with Gasteiger partial charge in [-0.25, -0.2) is 0 Å². The Morgan fingerprint density at radius 2 is 1.29 bits per heavy atom. The molecule has 0 saturated carbocycles. The summed E-state index contributed by atoms with van der Waals surface area (Å²) in [5.41, 5.74) is 2.58. The largest absolute Gasteiger partial charge is 0.305 e. The molecule has 0 aliphatic carbocycles. The van der Waals surface area contributed by atoms with E-state index in [1.165, 1.54) is 11.1 Å². The summed E-state index contributed by atoms with van der Waals surface area (Å²) >= 11 is 16.0. The maximum Gasteiger partial charge on any atom is 0.0409 e. The number of benzene rings is 2. The quantitative estimate of drug-likeness (QED) is 0.501. The van der Waals surface area contributed by atoms with E-state index in [2.05, 4.69) is 31.1 Å². The van der Waals surface area contributed by atoms with Crippen LogP contribution in [0, 0.1) is 0 Å². The average molecular weight is 400 g/mol. The molecule has 0 atom stereocenters. The normalized spacial score (nSPS) is 11.4. The van der Waals surface area contributed by atoms with E-state index in [0.717, 1.165) is 33.1 Å². The molecule has 0 aliphatic heterocycles.